The molecule has 5 heteroatoms. The second-order valence-corrected chi connectivity index (χ2v) is 5.83. The van der Waals surface area contributed by atoms with Crippen LogP contribution in [-0.4, -0.2) is 41.3 Å². The number of rotatable bonds is 6. The number of nitrogens with zero attached hydrogens (tertiary/aromatic N) is 3. The molecular weight excluding hydrogens is 264 g/mol. The molecule has 118 valence electrons. The van der Waals surface area contributed by atoms with Crippen LogP contribution in [0.4, 0.5) is 11.6 Å². The Kier molecular flexibility index (Phi) is 5.79. The summed E-state index contributed by atoms with van der Waals surface area (Å²) in [7, 11) is 0. The van der Waals surface area contributed by atoms with Gasteiger partial charge < -0.3 is 15.3 Å². The van der Waals surface area contributed by atoms with Gasteiger partial charge in [-0.3, -0.25) is 0 Å². The monoisotopic (exact) mass is 292 g/mol. The van der Waals surface area contributed by atoms with E-state index in [0.717, 1.165) is 68.3 Å². The first-order chi connectivity index (χ1) is 10.2. The fourth-order valence-electron chi connectivity index (χ4n) is 2.76. The fourth-order valence-corrected chi connectivity index (χ4v) is 2.76. The van der Waals surface area contributed by atoms with Gasteiger partial charge in [0.25, 0.3) is 0 Å². The Morgan fingerprint density at radius 1 is 1.24 bits per heavy atom. The Morgan fingerprint density at radius 3 is 2.52 bits per heavy atom. The van der Waals surface area contributed by atoms with Crippen molar-refractivity contribution in [3.05, 3.63) is 11.4 Å². The third-order valence-corrected chi connectivity index (χ3v) is 4.20. The number of aryl methyl sites for hydroxylation is 1. The average Bonchev–Trinajstić information content (AvgIpc) is 2.54. The zero-order valence-electron chi connectivity index (χ0n) is 13.5. The lowest BCUT2D eigenvalue weighted by molar-refractivity contribution is 0.202. The van der Waals surface area contributed by atoms with Crippen LogP contribution in [0.2, 0.25) is 0 Å². The van der Waals surface area contributed by atoms with Gasteiger partial charge in [0.2, 0.25) is 0 Å². The Labute approximate surface area is 127 Å². The SMILES string of the molecule is CCCNc1nc(CC)nc(N2CCC(CO)CC2)c1C. The van der Waals surface area contributed by atoms with Crippen molar-refractivity contribution in [2.45, 2.75) is 46.5 Å². The molecule has 1 aromatic rings. The standard InChI is InChI=1S/C16H28N4O/c1-4-8-17-15-12(3)16(19-14(5-2)18-15)20-9-6-13(11-21)7-10-20/h13,21H,4-11H2,1-3H3,(H,17,18,19). The number of hydrogen-bond acceptors (Lipinski definition) is 5. The zero-order valence-corrected chi connectivity index (χ0v) is 13.5. The summed E-state index contributed by atoms with van der Waals surface area (Å²) >= 11 is 0. The van der Waals surface area contributed by atoms with Gasteiger partial charge in [-0.2, -0.15) is 0 Å². The summed E-state index contributed by atoms with van der Waals surface area (Å²) in [4.78, 5) is 11.7. The predicted octanol–water partition coefficient (Wildman–Crippen LogP) is 2.38. The number of aliphatic hydroxyl groups excluding tert-OH is 1. The van der Waals surface area contributed by atoms with Gasteiger partial charge in [-0.25, -0.2) is 9.97 Å². The number of hydrogen-bond donors (Lipinski definition) is 2. The Bertz CT molecular complexity index is 456. The molecule has 2 N–H and O–H groups in total. The van der Waals surface area contributed by atoms with E-state index in [1.165, 1.54) is 0 Å². The minimum atomic E-state index is 0.306. The predicted molar refractivity (Wildman–Crippen MR) is 87.0 cm³/mol. The fraction of sp³-hybridized carbons (Fsp3) is 0.750. The Hall–Kier alpha value is -1.36. The number of anilines is 2. The third-order valence-electron chi connectivity index (χ3n) is 4.20. The summed E-state index contributed by atoms with van der Waals surface area (Å²) in [5.74, 6) is 3.39. The molecule has 1 aromatic heterocycles. The van der Waals surface area contributed by atoms with E-state index in [1.807, 2.05) is 0 Å². The molecule has 0 saturated carbocycles. The minimum absolute atomic E-state index is 0.306. The molecule has 0 aromatic carbocycles. The summed E-state index contributed by atoms with van der Waals surface area (Å²) in [6.45, 7) is 9.54. The molecule has 2 rings (SSSR count). The highest BCUT2D eigenvalue weighted by Gasteiger charge is 2.22. The molecule has 1 fully saturated rings. The number of nitrogens with one attached hydrogen (secondary N) is 1. The van der Waals surface area contributed by atoms with Gasteiger partial charge in [0.15, 0.2) is 0 Å². The molecule has 0 unspecified atom stereocenters. The molecular formula is C16H28N4O. The summed E-state index contributed by atoms with van der Waals surface area (Å²) < 4.78 is 0. The number of aliphatic hydroxyl groups is 1. The zero-order chi connectivity index (χ0) is 15.2. The molecule has 1 saturated heterocycles. The van der Waals surface area contributed by atoms with Crippen LogP contribution in [0.25, 0.3) is 0 Å². The maximum absolute atomic E-state index is 9.27. The highest BCUT2D eigenvalue weighted by atomic mass is 16.3. The van der Waals surface area contributed by atoms with Gasteiger partial charge in [0.05, 0.1) is 0 Å². The molecule has 2 heterocycles. The van der Waals surface area contributed by atoms with Crippen LogP contribution in [0.1, 0.15) is 44.5 Å². The van der Waals surface area contributed by atoms with Crippen LogP contribution in [0.3, 0.4) is 0 Å². The smallest absolute Gasteiger partial charge is 0.137 e. The highest BCUT2D eigenvalue weighted by Crippen LogP contribution is 2.28. The first-order valence-electron chi connectivity index (χ1n) is 8.16. The molecule has 1 aliphatic heterocycles. The second kappa shape index (κ2) is 7.59. The minimum Gasteiger partial charge on any atom is -0.396 e. The van der Waals surface area contributed by atoms with Gasteiger partial charge in [-0.05, 0) is 32.1 Å². The molecule has 0 spiro atoms. The van der Waals surface area contributed by atoms with Crippen molar-refractivity contribution in [3.63, 3.8) is 0 Å². The van der Waals surface area contributed by atoms with Crippen LogP contribution >= 0.6 is 0 Å². The van der Waals surface area contributed by atoms with Crippen molar-refractivity contribution in [2.24, 2.45) is 5.92 Å². The number of aromatic nitrogens is 2. The van der Waals surface area contributed by atoms with Crippen molar-refractivity contribution in [3.8, 4) is 0 Å². The largest absolute Gasteiger partial charge is 0.396 e. The third kappa shape index (κ3) is 3.84. The average molecular weight is 292 g/mol. The summed E-state index contributed by atoms with van der Waals surface area (Å²) in [5.41, 5.74) is 1.14. The summed E-state index contributed by atoms with van der Waals surface area (Å²) in [6.07, 6.45) is 4.02. The summed E-state index contributed by atoms with van der Waals surface area (Å²) in [6, 6.07) is 0. The topological polar surface area (TPSA) is 61.3 Å². The van der Waals surface area contributed by atoms with Crippen molar-refractivity contribution in [2.75, 3.05) is 36.5 Å². The normalized spacial score (nSPS) is 16.3. The van der Waals surface area contributed by atoms with E-state index < -0.39 is 0 Å². The van der Waals surface area contributed by atoms with Crippen molar-refractivity contribution >= 4 is 11.6 Å². The van der Waals surface area contributed by atoms with E-state index in [1.54, 1.807) is 0 Å². The first-order valence-corrected chi connectivity index (χ1v) is 8.16. The molecule has 5 nitrogen and oxygen atoms in total. The molecule has 0 radical (unpaired) electrons. The van der Waals surface area contributed by atoms with Gasteiger partial charge in [0.1, 0.15) is 17.5 Å². The Balaban J connectivity index is 2.21. The maximum Gasteiger partial charge on any atom is 0.137 e. The van der Waals surface area contributed by atoms with E-state index in [9.17, 15) is 5.11 Å². The van der Waals surface area contributed by atoms with Crippen LogP contribution in [0.5, 0.6) is 0 Å². The van der Waals surface area contributed by atoms with Crippen LogP contribution in [-0.2, 0) is 6.42 Å². The highest BCUT2D eigenvalue weighted by molar-refractivity contribution is 5.58. The second-order valence-electron chi connectivity index (χ2n) is 5.83. The van der Waals surface area contributed by atoms with E-state index >= 15 is 0 Å². The van der Waals surface area contributed by atoms with Crippen LogP contribution in [0.15, 0.2) is 0 Å². The maximum atomic E-state index is 9.27. The lowest BCUT2D eigenvalue weighted by Crippen LogP contribution is -2.36. The van der Waals surface area contributed by atoms with E-state index in [0.29, 0.717) is 12.5 Å². The van der Waals surface area contributed by atoms with E-state index in [4.69, 9.17) is 4.98 Å². The molecule has 21 heavy (non-hydrogen) atoms. The van der Waals surface area contributed by atoms with Gasteiger partial charge in [-0.15, -0.1) is 0 Å². The lowest BCUT2D eigenvalue weighted by atomic mass is 9.97. The van der Waals surface area contributed by atoms with Gasteiger partial charge in [-0.1, -0.05) is 13.8 Å². The van der Waals surface area contributed by atoms with Gasteiger partial charge in [0, 0.05) is 38.2 Å². The molecule has 0 amide bonds. The first kappa shape index (κ1) is 16.0. The van der Waals surface area contributed by atoms with Crippen molar-refractivity contribution < 1.29 is 5.11 Å². The Morgan fingerprint density at radius 2 is 1.95 bits per heavy atom. The lowest BCUT2D eigenvalue weighted by Gasteiger charge is -2.33. The van der Waals surface area contributed by atoms with Gasteiger partial charge >= 0.3 is 0 Å². The quantitative estimate of drug-likeness (QED) is 0.843. The van der Waals surface area contributed by atoms with Crippen LogP contribution in [0, 0.1) is 12.8 Å². The molecule has 0 bridgehead atoms. The molecule has 0 aliphatic carbocycles. The van der Waals surface area contributed by atoms with E-state index in [-0.39, 0.29) is 0 Å². The molecule has 1 aliphatic rings. The number of piperidine rings is 1. The summed E-state index contributed by atoms with van der Waals surface area (Å²) in [5, 5.41) is 12.7. The van der Waals surface area contributed by atoms with Crippen molar-refractivity contribution in [1.29, 1.82) is 0 Å². The van der Waals surface area contributed by atoms with Crippen molar-refractivity contribution in [1.82, 2.24) is 9.97 Å². The molecule has 0 atom stereocenters. The van der Waals surface area contributed by atoms with E-state index in [2.05, 4.69) is 36.0 Å². The van der Waals surface area contributed by atoms with Crippen LogP contribution < -0.4 is 10.2 Å².